The molecule has 0 aromatic rings. The van der Waals surface area contributed by atoms with Gasteiger partial charge in [0.2, 0.25) is 0 Å². The molecule has 4 fully saturated rings. The van der Waals surface area contributed by atoms with Gasteiger partial charge >= 0.3 is 17.9 Å². The standard InChI is InChI=1S/C29H44O7/c1-16(7-10-26(33)34-6)21-8-9-22-27-23(15-25(29(21,22)5)36-18(3)31)28(4)12-11-20(32)13-19(28)14-24(27)35-17(2)30/h16,19,21-25,27H,7-15H2,1-6H3/t16-,19-,21-,22+,23+,24-,25+,27+,28+,29-/m1/s1. The van der Waals surface area contributed by atoms with Gasteiger partial charge in [-0.2, -0.15) is 0 Å². The van der Waals surface area contributed by atoms with Crippen LogP contribution in [0.3, 0.4) is 0 Å². The summed E-state index contributed by atoms with van der Waals surface area (Å²) in [4.78, 5) is 48.9. The summed E-state index contributed by atoms with van der Waals surface area (Å²) in [6, 6.07) is 0. The van der Waals surface area contributed by atoms with Crippen molar-refractivity contribution in [3.8, 4) is 0 Å². The van der Waals surface area contributed by atoms with E-state index in [-0.39, 0.29) is 76.5 Å². The molecule has 4 saturated carbocycles. The predicted molar refractivity (Wildman–Crippen MR) is 133 cm³/mol. The third kappa shape index (κ3) is 4.60. The van der Waals surface area contributed by atoms with E-state index in [1.807, 2.05) is 0 Å². The molecule has 0 aliphatic heterocycles. The van der Waals surface area contributed by atoms with Gasteiger partial charge in [-0.05, 0) is 73.5 Å². The second-order valence-corrected chi connectivity index (χ2v) is 12.6. The summed E-state index contributed by atoms with van der Waals surface area (Å²) in [5.74, 6) is 0.944. The molecule has 4 aliphatic rings. The normalized spacial score (nSPS) is 42.4. The SMILES string of the molecule is COC(=O)CC[C@@H](C)[C@H]1CC[C@H]2[C@@H]3[C@H](OC(C)=O)C[C@H]4CC(=O)CC[C@]4(C)[C@H]3C[C@H](OC(C)=O)[C@]12C. The Hall–Kier alpha value is -1.92. The topological polar surface area (TPSA) is 96.0 Å². The molecule has 10 atom stereocenters. The molecule has 4 aliphatic carbocycles. The average molecular weight is 505 g/mol. The minimum absolute atomic E-state index is 0.0382. The van der Waals surface area contributed by atoms with Crippen LogP contribution in [0, 0.1) is 46.3 Å². The number of esters is 3. The minimum atomic E-state index is -0.269. The quantitative estimate of drug-likeness (QED) is 0.375. The van der Waals surface area contributed by atoms with Crippen molar-refractivity contribution in [2.24, 2.45) is 46.3 Å². The van der Waals surface area contributed by atoms with Gasteiger partial charge in [-0.25, -0.2) is 0 Å². The van der Waals surface area contributed by atoms with Gasteiger partial charge in [-0.15, -0.1) is 0 Å². The Labute approximate surface area is 215 Å². The molecule has 0 aromatic heterocycles. The van der Waals surface area contributed by atoms with Crippen LogP contribution in [0.4, 0.5) is 0 Å². The Bertz CT molecular complexity index is 898. The number of Topliss-reactive ketones (excluding diaryl/α,β-unsaturated/α-hetero) is 1. The highest BCUT2D eigenvalue weighted by Crippen LogP contribution is 2.69. The highest BCUT2D eigenvalue weighted by Gasteiger charge is 2.67. The number of methoxy groups -OCH3 is 1. The number of fused-ring (bicyclic) bond motifs is 5. The van der Waals surface area contributed by atoms with Crippen molar-refractivity contribution in [1.82, 2.24) is 0 Å². The van der Waals surface area contributed by atoms with Crippen molar-refractivity contribution in [2.75, 3.05) is 7.11 Å². The lowest BCUT2D eigenvalue weighted by Gasteiger charge is -2.63. The Morgan fingerprint density at radius 3 is 2.36 bits per heavy atom. The maximum absolute atomic E-state index is 12.4. The summed E-state index contributed by atoms with van der Waals surface area (Å²) < 4.78 is 17.0. The van der Waals surface area contributed by atoms with Gasteiger partial charge in [0.15, 0.2) is 0 Å². The van der Waals surface area contributed by atoms with E-state index in [2.05, 4.69) is 20.8 Å². The van der Waals surface area contributed by atoms with E-state index in [9.17, 15) is 19.2 Å². The van der Waals surface area contributed by atoms with E-state index in [1.165, 1.54) is 21.0 Å². The predicted octanol–water partition coefficient (Wildman–Crippen LogP) is 4.89. The second-order valence-electron chi connectivity index (χ2n) is 12.6. The lowest BCUT2D eigenvalue weighted by Crippen LogP contribution is -2.63. The molecule has 36 heavy (non-hydrogen) atoms. The van der Waals surface area contributed by atoms with E-state index < -0.39 is 0 Å². The smallest absolute Gasteiger partial charge is 0.305 e. The molecular formula is C29H44O7. The molecule has 0 amide bonds. The van der Waals surface area contributed by atoms with Crippen LogP contribution in [0.2, 0.25) is 0 Å². The van der Waals surface area contributed by atoms with Gasteiger partial charge in [0, 0.05) is 44.4 Å². The molecule has 202 valence electrons. The summed E-state index contributed by atoms with van der Waals surface area (Å²) in [6.07, 6.45) is 6.09. The molecule has 0 unspecified atom stereocenters. The van der Waals surface area contributed by atoms with E-state index >= 15 is 0 Å². The molecule has 4 rings (SSSR count). The van der Waals surface area contributed by atoms with Gasteiger partial charge in [0.05, 0.1) is 7.11 Å². The largest absolute Gasteiger partial charge is 0.469 e. The summed E-state index contributed by atoms with van der Waals surface area (Å²) in [5, 5.41) is 0. The molecule has 0 heterocycles. The molecular weight excluding hydrogens is 460 g/mol. The monoisotopic (exact) mass is 504 g/mol. The van der Waals surface area contributed by atoms with Crippen molar-refractivity contribution in [3.05, 3.63) is 0 Å². The second kappa shape index (κ2) is 10.1. The summed E-state index contributed by atoms with van der Waals surface area (Å²) in [7, 11) is 1.42. The summed E-state index contributed by atoms with van der Waals surface area (Å²) >= 11 is 0. The fourth-order valence-corrected chi connectivity index (χ4v) is 9.25. The zero-order valence-corrected chi connectivity index (χ0v) is 22.8. The Morgan fingerprint density at radius 1 is 1.03 bits per heavy atom. The Balaban J connectivity index is 1.72. The first kappa shape index (κ1) is 27.1. The number of hydrogen-bond acceptors (Lipinski definition) is 7. The molecule has 0 bridgehead atoms. The highest BCUT2D eigenvalue weighted by molar-refractivity contribution is 5.79. The third-order valence-electron chi connectivity index (χ3n) is 11.0. The van der Waals surface area contributed by atoms with Crippen molar-refractivity contribution < 1.29 is 33.4 Å². The van der Waals surface area contributed by atoms with Gasteiger partial charge in [0.25, 0.3) is 0 Å². The first-order chi connectivity index (χ1) is 16.9. The van der Waals surface area contributed by atoms with Crippen LogP contribution < -0.4 is 0 Å². The average Bonchev–Trinajstić information content (AvgIpc) is 3.16. The lowest BCUT2D eigenvalue weighted by atomic mass is 9.43. The first-order valence-electron chi connectivity index (χ1n) is 13.8. The number of carbonyl (C=O) groups is 4. The first-order valence-corrected chi connectivity index (χ1v) is 13.8. The van der Waals surface area contributed by atoms with Crippen molar-refractivity contribution in [2.45, 2.75) is 105 Å². The maximum atomic E-state index is 12.4. The summed E-state index contributed by atoms with van der Waals surface area (Å²) in [6.45, 7) is 9.76. The Kier molecular flexibility index (Phi) is 7.60. The Morgan fingerprint density at radius 2 is 1.72 bits per heavy atom. The third-order valence-corrected chi connectivity index (χ3v) is 11.0. The van der Waals surface area contributed by atoms with Crippen molar-refractivity contribution in [3.63, 3.8) is 0 Å². The van der Waals surface area contributed by atoms with Crippen molar-refractivity contribution in [1.29, 1.82) is 0 Å². The van der Waals surface area contributed by atoms with Gasteiger partial charge < -0.3 is 14.2 Å². The van der Waals surface area contributed by atoms with Gasteiger partial charge in [-0.3, -0.25) is 19.2 Å². The number of carbonyl (C=O) groups excluding carboxylic acids is 4. The molecule has 0 aromatic carbocycles. The van der Waals surface area contributed by atoms with Crippen LogP contribution in [0.15, 0.2) is 0 Å². The molecule has 0 spiro atoms. The van der Waals surface area contributed by atoms with Crippen LogP contribution in [-0.2, 0) is 33.4 Å². The number of ether oxygens (including phenoxy) is 3. The van der Waals surface area contributed by atoms with Gasteiger partial charge in [-0.1, -0.05) is 20.8 Å². The molecule has 0 radical (unpaired) electrons. The van der Waals surface area contributed by atoms with E-state index in [4.69, 9.17) is 14.2 Å². The maximum Gasteiger partial charge on any atom is 0.305 e. The molecule has 0 N–H and O–H groups in total. The highest BCUT2D eigenvalue weighted by atomic mass is 16.5. The van der Waals surface area contributed by atoms with Crippen LogP contribution in [0.5, 0.6) is 0 Å². The van der Waals surface area contributed by atoms with Crippen molar-refractivity contribution >= 4 is 23.7 Å². The fourth-order valence-electron chi connectivity index (χ4n) is 9.25. The fraction of sp³-hybridized carbons (Fsp3) is 0.862. The van der Waals surface area contributed by atoms with Crippen LogP contribution in [0.1, 0.15) is 92.4 Å². The number of rotatable bonds is 6. The zero-order chi connectivity index (χ0) is 26.4. The summed E-state index contributed by atoms with van der Waals surface area (Å²) in [5.41, 5.74) is -0.308. The van der Waals surface area contributed by atoms with E-state index in [0.717, 1.165) is 38.5 Å². The lowest BCUT2D eigenvalue weighted by molar-refractivity contribution is -0.219. The number of ketones is 1. The van der Waals surface area contributed by atoms with Crippen LogP contribution in [0.25, 0.3) is 0 Å². The molecule has 7 nitrogen and oxygen atoms in total. The zero-order valence-electron chi connectivity index (χ0n) is 22.8. The molecule has 7 heteroatoms. The van der Waals surface area contributed by atoms with E-state index in [1.54, 1.807) is 0 Å². The van der Waals surface area contributed by atoms with Crippen LogP contribution in [-0.4, -0.2) is 43.0 Å². The van der Waals surface area contributed by atoms with Crippen LogP contribution >= 0.6 is 0 Å². The van der Waals surface area contributed by atoms with Gasteiger partial charge in [0.1, 0.15) is 18.0 Å². The van der Waals surface area contributed by atoms with E-state index in [0.29, 0.717) is 25.0 Å². The minimum Gasteiger partial charge on any atom is -0.469 e. The molecule has 0 saturated heterocycles. The number of hydrogen-bond donors (Lipinski definition) is 0.